The highest BCUT2D eigenvalue weighted by molar-refractivity contribution is 5.77. The van der Waals surface area contributed by atoms with Crippen molar-refractivity contribution in [1.82, 2.24) is 14.7 Å². The molecule has 0 fully saturated rings. The molecule has 2 aromatic carbocycles. The molecule has 8 heteroatoms. The van der Waals surface area contributed by atoms with Crippen LogP contribution >= 0.6 is 0 Å². The van der Waals surface area contributed by atoms with E-state index in [4.69, 9.17) is 18.9 Å². The quantitative estimate of drug-likeness (QED) is 0.269. The summed E-state index contributed by atoms with van der Waals surface area (Å²) in [5, 5.41) is 3.00. The maximum absolute atomic E-state index is 13.0. The van der Waals surface area contributed by atoms with Crippen LogP contribution < -0.4 is 19.5 Å². The number of nitrogens with one attached hydrogen (secondary N) is 1. The molecule has 37 heavy (non-hydrogen) atoms. The van der Waals surface area contributed by atoms with E-state index in [1.54, 1.807) is 27.5 Å². The fourth-order valence-corrected chi connectivity index (χ4v) is 4.24. The smallest absolute Gasteiger partial charge is 0.221 e. The largest absolute Gasteiger partial charge is 0.497 e. The van der Waals surface area contributed by atoms with Gasteiger partial charge in [-0.1, -0.05) is 30.3 Å². The molecule has 1 unspecified atom stereocenters. The van der Waals surface area contributed by atoms with Crippen molar-refractivity contribution in [3.8, 4) is 17.2 Å². The van der Waals surface area contributed by atoms with Crippen molar-refractivity contribution in [1.29, 1.82) is 0 Å². The van der Waals surface area contributed by atoms with Crippen molar-refractivity contribution in [3.63, 3.8) is 0 Å². The van der Waals surface area contributed by atoms with Crippen LogP contribution in [0.4, 0.5) is 0 Å². The molecule has 0 aliphatic rings. The Bertz CT molecular complexity index is 1280. The monoisotopic (exact) mass is 503 g/mol. The highest BCUT2D eigenvalue weighted by atomic mass is 16.5. The summed E-state index contributed by atoms with van der Waals surface area (Å²) < 4.78 is 24.2. The van der Waals surface area contributed by atoms with Gasteiger partial charge in [-0.15, -0.1) is 0 Å². The maximum Gasteiger partial charge on any atom is 0.221 e. The molecule has 1 amide bonds. The van der Waals surface area contributed by atoms with Crippen molar-refractivity contribution in [2.45, 2.75) is 25.4 Å². The summed E-state index contributed by atoms with van der Waals surface area (Å²) >= 11 is 0. The molecule has 0 bridgehead atoms. The zero-order valence-corrected chi connectivity index (χ0v) is 21.5. The summed E-state index contributed by atoms with van der Waals surface area (Å²) in [7, 11) is 4.87. The summed E-state index contributed by atoms with van der Waals surface area (Å²) in [5.41, 5.74) is 3.51. The fourth-order valence-electron chi connectivity index (χ4n) is 4.24. The second-order valence-corrected chi connectivity index (χ2v) is 8.62. The average Bonchev–Trinajstić information content (AvgIpc) is 3.37. The second-order valence-electron chi connectivity index (χ2n) is 8.62. The van der Waals surface area contributed by atoms with Gasteiger partial charge in [0.15, 0.2) is 11.4 Å². The number of pyridine rings is 1. The zero-order chi connectivity index (χ0) is 26.0. The van der Waals surface area contributed by atoms with E-state index >= 15 is 0 Å². The summed E-state index contributed by atoms with van der Waals surface area (Å²) in [5.74, 6) is 1.62. The first-order valence-electron chi connectivity index (χ1n) is 12.2. The molecule has 2 aromatic heterocycles. The van der Waals surface area contributed by atoms with Crippen LogP contribution in [0.3, 0.4) is 0 Å². The zero-order valence-electron chi connectivity index (χ0n) is 21.5. The van der Waals surface area contributed by atoms with E-state index in [9.17, 15) is 4.79 Å². The number of imidazole rings is 1. The Labute approximate surface area is 217 Å². The van der Waals surface area contributed by atoms with Crippen LogP contribution in [-0.2, 0) is 16.1 Å². The Morgan fingerprint density at radius 3 is 2.46 bits per heavy atom. The Balaban J connectivity index is 1.67. The topological polar surface area (TPSA) is 83.3 Å². The molecule has 1 atom stereocenters. The van der Waals surface area contributed by atoms with Crippen LogP contribution in [0, 0.1) is 0 Å². The Kier molecular flexibility index (Phi) is 8.99. The molecule has 0 radical (unpaired) electrons. The van der Waals surface area contributed by atoms with Crippen LogP contribution in [0.15, 0.2) is 73.1 Å². The van der Waals surface area contributed by atoms with Gasteiger partial charge < -0.3 is 28.7 Å². The summed E-state index contributed by atoms with van der Waals surface area (Å²) in [4.78, 5) is 17.7. The van der Waals surface area contributed by atoms with Gasteiger partial charge in [0.25, 0.3) is 0 Å². The van der Waals surface area contributed by atoms with Crippen LogP contribution in [0.2, 0.25) is 0 Å². The first-order chi connectivity index (χ1) is 18.1. The van der Waals surface area contributed by atoms with Crippen molar-refractivity contribution in [2.75, 3.05) is 34.5 Å². The van der Waals surface area contributed by atoms with Gasteiger partial charge in [0.05, 0.1) is 19.9 Å². The van der Waals surface area contributed by atoms with Gasteiger partial charge in [-0.25, -0.2) is 4.98 Å². The van der Waals surface area contributed by atoms with E-state index in [-0.39, 0.29) is 18.2 Å². The Morgan fingerprint density at radius 1 is 1.00 bits per heavy atom. The van der Waals surface area contributed by atoms with Gasteiger partial charge >= 0.3 is 0 Å². The highest BCUT2D eigenvalue weighted by Crippen LogP contribution is 2.35. The van der Waals surface area contributed by atoms with Gasteiger partial charge in [-0.05, 0) is 41.8 Å². The number of benzene rings is 2. The predicted molar refractivity (Wildman–Crippen MR) is 141 cm³/mol. The van der Waals surface area contributed by atoms with E-state index in [1.807, 2.05) is 71.3 Å². The number of hydrogen-bond acceptors (Lipinski definition) is 6. The maximum atomic E-state index is 13.0. The number of nitrogens with zero attached hydrogens (tertiary/aromatic N) is 2. The molecular weight excluding hydrogens is 470 g/mol. The number of hydrogen-bond donors (Lipinski definition) is 1. The second kappa shape index (κ2) is 12.8. The predicted octanol–water partition coefficient (Wildman–Crippen LogP) is 4.61. The molecule has 194 valence electrons. The van der Waals surface area contributed by atoms with Crippen LogP contribution in [0.5, 0.6) is 17.2 Å². The molecule has 0 saturated heterocycles. The minimum atomic E-state index is -0.300. The molecule has 0 aliphatic carbocycles. The Hall–Kier alpha value is -4.04. The first-order valence-corrected chi connectivity index (χ1v) is 12.2. The van der Waals surface area contributed by atoms with E-state index in [1.165, 1.54) is 0 Å². The molecule has 1 N–H and O–H groups in total. The molecule has 4 aromatic rings. The number of methoxy groups -OCH3 is 3. The van der Waals surface area contributed by atoms with Crippen molar-refractivity contribution < 1.29 is 23.7 Å². The van der Waals surface area contributed by atoms with Gasteiger partial charge in [0.1, 0.15) is 18.1 Å². The third-order valence-electron chi connectivity index (χ3n) is 6.14. The fraction of sp³-hybridized carbons (Fsp3) is 0.310. The number of ether oxygens (including phenoxy) is 4. The summed E-state index contributed by atoms with van der Waals surface area (Å²) in [6.07, 6.45) is 4.72. The third kappa shape index (κ3) is 6.59. The lowest BCUT2D eigenvalue weighted by Crippen LogP contribution is -2.27. The molecule has 0 spiro atoms. The molecule has 2 heterocycles. The number of rotatable bonds is 13. The number of fused-ring (bicyclic) bond motifs is 1. The number of carbonyl (C=O) groups is 1. The lowest BCUT2D eigenvalue weighted by molar-refractivity contribution is -0.121. The van der Waals surface area contributed by atoms with Gasteiger partial charge in [0, 0.05) is 51.1 Å². The van der Waals surface area contributed by atoms with Crippen LogP contribution in [0.1, 0.15) is 35.6 Å². The highest BCUT2D eigenvalue weighted by Gasteiger charge is 2.24. The van der Waals surface area contributed by atoms with E-state index in [0.717, 1.165) is 23.2 Å². The average molecular weight is 504 g/mol. The van der Waals surface area contributed by atoms with E-state index in [2.05, 4.69) is 10.3 Å². The SMILES string of the molecule is COCCCNC(=O)CC(c1cc(OC)cc(OC)c1)c1cnc2c(OCc3ccccc3)cccn12. The molecule has 0 aliphatic heterocycles. The lowest BCUT2D eigenvalue weighted by atomic mass is 9.91. The Morgan fingerprint density at radius 2 is 1.76 bits per heavy atom. The summed E-state index contributed by atoms with van der Waals surface area (Å²) in [6, 6.07) is 19.5. The van der Waals surface area contributed by atoms with Crippen LogP contribution in [-0.4, -0.2) is 49.8 Å². The minimum Gasteiger partial charge on any atom is -0.497 e. The van der Waals surface area contributed by atoms with Crippen molar-refractivity contribution >= 4 is 11.6 Å². The molecular formula is C29H33N3O5. The van der Waals surface area contributed by atoms with Crippen molar-refractivity contribution in [2.24, 2.45) is 0 Å². The number of amides is 1. The number of aromatic nitrogens is 2. The molecule has 4 rings (SSSR count). The first kappa shape index (κ1) is 26.0. The molecule has 8 nitrogen and oxygen atoms in total. The molecule has 0 saturated carbocycles. The van der Waals surface area contributed by atoms with Crippen LogP contribution in [0.25, 0.3) is 5.65 Å². The third-order valence-corrected chi connectivity index (χ3v) is 6.14. The van der Waals surface area contributed by atoms with E-state index in [0.29, 0.717) is 42.7 Å². The standard InChI is InChI=1S/C29H33N3O5/c1-34-14-8-12-30-28(33)18-25(22-15-23(35-2)17-24(16-22)36-3)26-19-31-29-27(11-7-13-32(26)29)37-20-21-9-5-4-6-10-21/h4-7,9-11,13,15-17,19,25H,8,12,14,18,20H2,1-3H3,(H,30,33). The van der Waals surface area contributed by atoms with Gasteiger partial charge in [-0.3, -0.25) is 4.79 Å². The van der Waals surface area contributed by atoms with Gasteiger partial charge in [-0.2, -0.15) is 0 Å². The van der Waals surface area contributed by atoms with E-state index < -0.39 is 0 Å². The lowest BCUT2D eigenvalue weighted by Gasteiger charge is -2.19. The van der Waals surface area contributed by atoms with Crippen molar-refractivity contribution in [3.05, 3.63) is 89.9 Å². The normalized spacial score (nSPS) is 11.8. The summed E-state index contributed by atoms with van der Waals surface area (Å²) in [6.45, 7) is 1.57. The number of carbonyl (C=O) groups excluding carboxylic acids is 1. The van der Waals surface area contributed by atoms with Gasteiger partial charge in [0.2, 0.25) is 5.91 Å². The minimum absolute atomic E-state index is 0.0608.